The first-order chi connectivity index (χ1) is 18.9. The van der Waals surface area contributed by atoms with Crippen LogP contribution < -0.4 is 4.90 Å². The van der Waals surface area contributed by atoms with Crippen LogP contribution >= 0.6 is 23.2 Å². The molecular weight excluding hydrogens is 545 g/mol. The highest BCUT2D eigenvalue weighted by molar-refractivity contribution is 6.39. The number of piperidine rings is 1. The lowest BCUT2D eigenvalue weighted by Crippen LogP contribution is -2.46. The molecule has 3 fully saturated rings. The molecule has 2 saturated heterocycles. The van der Waals surface area contributed by atoms with E-state index in [0.29, 0.717) is 56.4 Å². The standard InChI is InChI=1S/C28H23Cl2N3O6/c29-19-2-1-3-20(30)22(19)25-23(26(39-32-25)13-4-5-13)28(36)37-17-10-14-6-7-15(11-17)33(14)16-8-9-18-21(12-16)38-31-24(18)27(34)35/h1-3,8-9,12-15,17H,4-7,10-11H2,(H,34,35)/t14-,15+,17?. The molecule has 4 heterocycles. The minimum Gasteiger partial charge on any atom is -0.476 e. The van der Waals surface area contributed by atoms with E-state index in [2.05, 4.69) is 15.2 Å². The summed E-state index contributed by atoms with van der Waals surface area (Å²) in [5, 5.41) is 18.5. The third kappa shape index (κ3) is 4.15. The highest BCUT2D eigenvalue weighted by Crippen LogP contribution is 2.47. The Morgan fingerprint density at radius 2 is 1.69 bits per heavy atom. The first kappa shape index (κ1) is 24.5. The number of aromatic carboxylic acids is 1. The molecule has 2 aromatic carbocycles. The summed E-state index contributed by atoms with van der Waals surface area (Å²) in [6.07, 6.45) is 4.86. The van der Waals surface area contributed by atoms with E-state index in [-0.39, 0.29) is 29.8 Å². The molecule has 1 saturated carbocycles. The van der Waals surface area contributed by atoms with Crippen LogP contribution in [0.5, 0.6) is 0 Å². The molecule has 0 amide bonds. The van der Waals surface area contributed by atoms with Gasteiger partial charge in [0.25, 0.3) is 0 Å². The topological polar surface area (TPSA) is 119 Å². The van der Waals surface area contributed by atoms with Gasteiger partial charge in [-0.15, -0.1) is 0 Å². The average Bonchev–Trinajstić information content (AvgIpc) is 3.40. The summed E-state index contributed by atoms with van der Waals surface area (Å²) in [4.78, 5) is 27.4. The van der Waals surface area contributed by atoms with Crippen LogP contribution in [-0.2, 0) is 4.74 Å². The van der Waals surface area contributed by atoms with E-state index in [1.54, 1.807) is 24.3 Å². The molecule has 0 spiro atoms. The van der Waals surface area contributed by atoms with Gasteiger partial charge in [-0.1, -0.05) is 39.6 Å². The fourth-order valence-corrected chi connectivity index (χ4v) is 6.69. The Morgan fingerprint density at radius 3 is 2.36 bits per heavy atom. The molecule has 7 rings (SSSR count). The number of benzene rings is 2. The Balaban J connectivity index is 1.13. The van der Waals surface area contributed by atoms with Crippen LogP contribution in [-0.4, -0.2) is 45.5 Å². The second-order valence-corrected chi connectivity index (χ2v) is 11.3. The van der Waals surface area contributed by atoms with Gasteiger partial charge < -0.3 is 23.8 Å². The number of carbonyl (C=O) groups is 2. The van der Waals surface area contributed by atoms with Crippen LogP contribution in [0, 0.1) is 0 Å². The van der Waals surface area contributed by atoms with Crippen molar-refractivity contribution < 1.29 is 28.5 Å². The zero-order chi connectivity index (χ0) is 26.8. The number of aromatic nitrogens is 2. The SMILES string of the molecule is O=C(OC1C[C@H]2CC[C@@H](C1)N2c1ccc2c(C(=O)O)noc2c1)c1c(-c2c(Cl)cccc2Cl)noc1C1CC1. The zero-order valence-corrected chi connectivity index (χ0v) is 22.1. The third-order valence-electron chi connectivity index (χ3n) is 7.99. The Bertz CT molecular complexity index is 1590. The molecule has 1 N–H and O–H groups in total. The molecule has 2 bridgehead atoms. The number of carboxylic acid groups (broad SMARTS) is 1. The molecule has 3 aliphatic rings. The Morgan fingerprint density at radius 1 is 0.974 bits per heavy atom. The monoisotopic (exact) mass is 567 g/mol. The summed E-state index contributed by atoms with van der Waals surface area (Å²) >= 11 is 12.9. The maximum absolute atomic E-state index is 13.6. The molecule has 200 valence electrons. The largest absolute Gasteiger partial charge is 0.476 e. The van der Waals surface area contributed by atoms with Crippen molar-refractivity contribution in [3.8, 4) is 11.3 Å². The number of ether oxygens (including phenoxy) is 1. The van der Waals surface area contributed by atoms with Crippen molar-refractivity contribution in [2.45, 2.75) is 62.6 Å². The van der Waals surface area contributed by atoms with Gasteiger partial charge in [-0.3, -0.25) is 0 Å². The van der Waals surface area contributed by atoms with Gasteiger partial charge in [0.05, 0.1) is 15.4 Å². The number of hydrogen-bond acceptors (Lipinski definition) is 8. The predicted octanol–water partition coefficient (Wildman–Crippen LogP) is 6.72. The van der Waals surface area contributed by atoms with Crippen molar-refractivity contribution in [3.63, 3.8) is 0 Å². The molecule has 3 atom stereocenters. The van der Waals surface area contributed by atoms with Crippen molar-refractivity contribution >= 4 is 51.8 Å². The maximum atomic E-state index is 13.6. The molecule has 2 aromatic heterocycles. The van der Waals surface area contributed by atoms with Gasteiger partial charge in [0, 0.05) is 48.2 Å². The minimum atomic E-state index is -1.12. The number of halogens is 2. The van der Waals surface area contributed by atoms with Gasteiger partial charge >= 0.3 is 11.9 Å². The van der Waals surface area contributed by atoms with Gasteiger partial charge in [-0.25, -0.2) is 9.59 Å². The number of fused-ring (bicyclic) bond motifs is 3. The zero-order valence-electron chi connectivity index (χ0n) is 20.6. The number of esters is 1. The average molecular weight is 568 g/mol. The molecule has 39 heavy (non-hydrogen) atoms. The highest BCUT2D eigenvalue weighted by atomic mass is 35.5. The molecule has 4 aromatic rings. The number of rotatable bonds is 6. The second-order valence-electron chi connectivity index (χ2n) is 10.4. The fraction of sp³-hybridized carbons (Fsp3) is 0.357. The maximum Gasteiger partial charge on any atom is 0.358 e. The molecule has 2 aliphatic heterocycles. The number of nitrogens with zero attached hydrogens (tertiary/aromatic N) is 3. The van der Waals surface area contributed by atoms with Crippen molar-refractivity contribution in [3.05, 3.63) is 63.5 Å². The van der Waals surface area contributed by atoms with Crippen LogP contribution in [0.4, 0.5) is 5.69 Å². The molecular formula is C28H23Cl2N3O6. The van der Waals surface area contributed by atoms with E-state index in [1.807, 2.05) is 12.1 Å². The van der Waals surface area contributed by atoms with Gasteiger partial charge in [0.1, 0.15) is 17.4 Å². The van der Waals surface area contributed by atoms with Crippen LogP contribution in [0.2, 0.25) is 10.0 Å². The summed E-state index contributed by atoms with van der Waals surface area (Å²) in [6.45, 7) is 0. The van der Waals surface area contributed by atoms with Crippen LogP contribution in [0.1, 0.15) is 71.0 Å². The van der Waals surface area contributed by atoms with E-state index < -0.39 is 11.9 Å². The lowest BCUT2D eigenvalue weighted by molar-refractivity contribution is 0.0202. The summed E-state index contributed by atoms with van der Waals surface area (Å²) in [5.41, 5.74) is 2.38. The Labute approximate surface area is 232 Å². The van der Waals surface area contributed by atoms with Crippen LogP contribution in [0.3, 0.4) is 0 Å². The Hall–Kier alpha value is -3.56. The lowest BCUT2D eigenvalue weighted by atomic mass is 9.98. The summed E-state index contributed by atoms with van der Waals surface area (Å²) in [5.74, 6) is -0.915. The molecule has 11 heteroatoms. The fourth-order valence-electron chi connectivity index (χ4n) is 6.12. The van der Waals surface area contributed by atoms with Crippen molar-refractivity contribution in [1.29, 1.82) is 0 Å². The summed E-state index contributed by atoms with van der Waals surface area (Å²) < 4.78 is 17.1. The minimum absolute atomic E-state index is 0.0955. The number of anilines is 1. The quantitative estimate of drug-likeness (QED) is 0.253. The smallest absolute Gasteiger partial charge is 0.358 e. The van der Waals surface area contributed by atoms with E-state index >= 15 is 0 Å². The van der Waals surface area contributed by atoms with Crippen LogP contribution in [0.15, 0.2) is 45.4 Å². The van der Waals surface area contributed by atoms with Gasteiger partial charge in [0.2, 0.25) is 0 Å². The first-order valence-corrected chi connectivity index (χ1v) is 13.7. The highest BCUT2D eigenvalue weighted by Gasteiger charge is 2.44. The van der Waals surface area contributed by atoms with E-state index in [4.69, 9.17) is 37.0 Å². The molecule has 0 radical (unpaired) electrons. The van der Waals surface area contributed by atoms with Gasteiger partial charge in [0.15, 0.2) is 17.0 Å². The molecule has 9 nitrogen and oxygen atoms in total. The lowest BCUT2D eigenvalue weighted by Gasteiger charge is -2.40. The summed E-state index contributed by atoms with van der Waals surface area (Å²) in [6, 6.07) is 11.0. The Kier molecular flexibility index (Phi) is 5.82. The second kappa shape index (κ2) is 9.27. The number of carbonyl (C=O) groups excluding carboxylic acids is 1. The van der Waals surface area contributed by atoms with Gasteiger partial charge in [-0.2, -0.15) is 0 Å². The molecule has 1 unspecified atom stereocenters. The van der Waals surface area contributed by atoms with Crippen molar-refractivity contribution in [1.82, 2.24) is 10.3 Å². The normalized spacial score (nSPS) is 22.4. The first-order valence-electron chi connectivity index (χ1n) is 12.9. The predicted molar refractivity (Wildman–Crippen MR) is 143 cm³/mol. The number of hydrogen-bond donors (Lipinski definition) is 1. The van der Waals surface area contributed by atoms with E-state index in [0.717, 1.165) is 31.4 Å². The van der Waals surface area contributed by atoms with Crippen molar-refractivity contribution in [2.24, 2.45) is 0 Å². The van der Waals surface area contributed by atoms with Gasteiger partial charge in [-0.05, 0) is 49.9 Å². The summed E-state index contributed by atoms with van der Waals surface area (Å²) in [7, 11) is 0. The third-order valence-corrected chi connectivity index (χ3v) is 8.62. The number of carboxylic acids is 1. The van der Waals surface area contributed by atoms with Crippen LogP contribution in [0.25, 0.3) is 22.2 Å². The van der Waals surface area contributed by atoms with Crippen molar-refractivity contribution in [2.75, 3.05) is 4.90 Å². The van der Waals surface area contributed by atoms with E-state index in [9.17, 15) is 14.7 Å². The van der Waals surface area contributed by atoms with E-state index in [1.165, 1.54) is 0 Å². The molecule has 1 aliphatic carbocycles.